The second-order valence-corrected chi connectivity index (χ2v) is 4.54. The van der Waals surface area contributed by atoms with Gasteiger partial charge in [-0.1, -0.05) is 6.92 Å². The summed E-state index contributed by atoms with van der Waals surface area (Å²) in [7, 11) is 0. The third-order valence-electron chi connectivity index (χ3n) is 3.05. The van der Waals surface area contributed by atoms with Crippen molar-refractivity contribution >= 4 is 5.91 Å². The Morgan fingerprint density at radius 2 is 2.29 bits per heavy atom. The van der Waals surface area contributed by atoms with Gasteiger partial charge < -0.3 is 10.6 Å². The first-order valence-corrected chi connectivity index (χ1v) is 5.62. The Morgan fingerprint density at radius 3 is 2.71 bits per heavy atom. The van der Waals surface area contributed by atoms with Crippen molar-refractivity contribution in [3.63, 3.8) is 0 Å². The maximum Gasteiger partial charge on any atom is 0.227 e. The monoisotopic (exact) mass is 198 g/mol. The van der Waals surface area contributed by atoms with Gasteiger partial charge in [0.1, 0.15) is 0 Å². The molecule has 0 bridgehead atoms. The number of amides is 1. The molecular formula is C11H22N2O. The van der Waals surface area contributed by atoms with E-state index < -0.39 is 0 Å². The lowest BCUT2D eigenvalue weighted by atomic mass is 9.77. The van der Waals surface area contributed by atoms with Crippen LogP contribution in [0.2, 0.25) is 0 Å². The van der Waals surface area contributed by atoms with Crippen LogP contribution in [0.3, 0.4) is 0 Å². The van der Waals surface area contributed by atoms with Gasteiger partial charge in [-0.25, -0.2) is 0 Å². The van der Waals surface area contributed by atoms with E-state index in [4.69, 9.17) is 0 Å². The molecular weight excluding hydrogens is 176 g/mol. The third-order valence-corrected chi connectivity index (χ3v) is 3.05. The Bertz CT molecular complexity index is 195. The molecule has 1 fully saturated rings. The molecule has 14 heavy (non-hydrogen) atoms. The Kier molecular flexibility index (Phi) is 3.93. The molecule has 1 aliphatic heterocycles. The fourth-order valence-electron chi connectivity index (χ4n) is 2.04. The summed E-state index contributed by atoms with van der Waals surface area (Å²) in [5.41, 5.74) is -0.150. The summed E-state index contributed by atoms with van der Waals surface area (Å²) in [4.78, 5) is 12.0. The summed E-state index contributed by atoms with van der Waals surface area (Å²) < 4.78 is 0. The highest BCUT2D eigenvalue weighted by molar-refractivity contribution is 5.83. The fraction of sp³-hybridized carbons (Fsp3) is 0.909. The summed E-state index contributed by atoms with van der Waals surface area (Å²) >= 11 is 0. The van der Waals surface area contributed by atoms with Crippen molar-refractivity contribution in [2.24, 2.45) is 5.41 Å². The second kappa shape index (κ2) is 4.78. The maximum atomic E-state index is 12.0. The molecule has 1 rings (SSSR count). The molecule has 1 amide bonds. The molecule has 0 spiro atoms. The van der Waals surface area contributed by atoms with Gasteiger partial charge in [0.25, 0.3) is 0 Å². The first-order valence-electron chi connectivity index (χ1n) is 5.62. The van der Waals surface area contributed by atoms with E-state index in [1.807, 2.05) is 13.8 Å². The molecule has 1 aliphatic rings. The van der Waals surface area contributed by atoms with E-state index >= 15 is 0 Å². The zero-order chi connectivity index (χ0) is 10.6. The first-order chi connectivity index (χ1) is 6.60. The van der Waals surface area contributed by atoms with Crippen molar-refractivity contribution in [1.29, 1.82) is 0 Å². The number of piperidine rings is 1. The molecule has 1 atom stereocenters. The Morgan fingerprint density at radius 1 is 1.57 bits per heavy atom. The average Bonchev–Trinajstić information content (AvgIpc) is 2.18. The van der Waals surface area contributed by atoms with E-state index in [9.17, 15) is 4.79 Å². The topological polar surface area (TPSA) is 41.1 Å². The van der Waals surface area contributed by atoms with Gasteiger partial charge in [-0.05, 0) is 39.7 Å². The summed E-state index contributed by atoms with van der Waals surface area (Å²) in [5, 5.41) is 6.35. The summed E-state index contributed by atoms with van der Waals surface area (Å²) in [6.07, 6.45) is 3.06. The summed E-state index contributed by atoms with van der Waals surface area (Å²) in [6, 6.07) is 0.243. The van der Waals surface area contributed by atoms with E-state index in [-0.39, 0.29) is 17.4 Å². The van der Waals surface area contributed by atoms with Gasteiger partial charge >= 0.3 is 0 Å². The van der Waals surface area contributed by atoms with Crippen molar-refractivity contribution < 1.29 is 4.79 Å². The van der Waals surface area contributed by atoms with E-state index in [1.165, 1.54) is 0 Å². The normalized spacial score (nSPS) is 27.7. The predicted molar refractivity (Wildman–Crippen MR) is 58.1 cm³/mol. The van der Waals surface area contributed by atoms with E-state index in [1.54, 1.807) is 0 Å². The molecule has 2 N–H and O–H groups in total. The highest BCUT2D eigenvalue weighted by Gasteiger charge is 2.37. The number of rotatable bonds is 3. The zero-order valence-corrected chi connectivity index (χ0v) is 9.52. The highest BCUT2D eigenvalue weighted by atomic mass is 16.2. The van der Waals surface area contributed by atoms with Gasteiger partial charge in [0, 0.05) is 12.6 Å². The third kappa shape index (κ3) is 2.47. The average molecular weight is 198 g/mol. The minimum atomic E-state index is -0.150. The molecule has 3 nitrogen and oxygen atoms in total. The zero-order valence-electron chi connectivity index (χ0n) is 9.52. The number of hydrogen-bond donors (Lipinski definition) is 2. The molecule has 1 unspecified atom stereocenters. The van der Waals surface area contributed by atoms with Crippen molar-refractivity contribution in [2.45, 2.75) is 46.1 Å². The lowest BCUT2D eigenvalue weighted by Gasteiger charge is -2.36. The summed E-state index contributed by atoms with van der Waals surface area (Å²) in [6.45, 7) is 8.01. The Balaban J connectivity index is 2.62. The summed E-state index contributed by atoms with van der Waals surface area (Å²) in [5.74, 6) is 0.224. The second-order valence-electron chi connectivity index (χ2n) is 4.54. The number of carbonyl (C=O) groups is 1. The number of hydrogen-bond acceptors (Lipinski definition) is 2. The smallest absolute Gasteiger partial charge is 0.227 e. The first kappa shape index (κ1) is 11.5. The number of carbonyl (C=O) groups excluding carboxylic acids is 1. The maximum absolute atomic E-state index is 12.0. The Labute approximate surface area is 86.6 Å². The van der Waals surface area contributed by atoms with E-state index in [0.29, 0.717) is 0 Å². The van der Waals surface area contributed by atoms with Crippen LogP contribution >= 0.6 is 0 Å². The van der Waals surface area contributed by atoms with Crippen LogP contribution in [0, 0.1) is 5.41 Å². The minimum Gasteiger partial charge on any atom is -0.353 e. The molecule has 1 heterocycles. The van der Waals surface area contributed by atoms with Crippen LogP contribution in [-0.4, -0.2) is 25.0 Å². The standard InChI is InChI=1S/C11H22N2O/c1-4-11(6-5-7-12-8-11)10(14)13-9(2)3/h9,12H,4-8H2,1-3H3,(H,13,14). The number of nitrogens with one attached hydrogen (secondary N) is 2. The largest absolute Gasteiger partial charge is 0.353 e. The van der Waals surface area contributed by atoms with Gasteiger partial charge in [0.05, 0.1) is 5.41 Å². The molecule has 82 valence electrons. The van der Waals surface area contributed by atoms with Gasteiger partial charge in [-0.2, -0.15) is 0 Å². The molecule has 0 saturated carbocycles. The van der Waals surface area contributed by atoms with Crippen LogP contribution in [0.25, 0.3) is 0 Å². The Hall–Kier alpha value is -0.570. The van der Waals surface area contributed by atoms with E-state index in [2.05, 4.69) is 17.6 Å². The van der Waals surface area contributed by atoms with Gasteiger partial charge in [-0.15, -0.1) is 0 Å². The quantitative estimate of drug-likeness (QED) is 0.717. The minimum absolute atomic E-state index is 0.150. The molecule has 0 aliphatic carbocycles. The molecule has 0 radical (unpaired) electrons. The molecule has 0 aromatic carbocycles. The van der Waals surface area contributed by atoms with Gasteiger partial charge in [0.2, 0.25) is 5.91 Å². The van der Waals surface area contributed by atoms with Crippen LogP contribution in [0.5, 0.6) is 0 Å². The SMILES string of the molecule is CCC1(C(=O)NC(C)C)CCCNC1. The van der Waals surface area contributed by atoms with Crippen LogP contribution in [0.15, 0.2) is 0 Å². The molecule has 1 saturated heterocycles. The predicted octanol–water partition coefficient (Wildman–Crippen LogP) is 1.29. The van der Waals surface area contributed by atoms with Crippen molar-refractivity contribution in [3.8, 4) is 0 Å². The highest BCUT2D eigenvalue weighted by Crippen LogP contribution is 2.30. The van der Waals surface area contributed by atoms with Crippen LogP contribution in [-0.2, 0) is 4.79 Å². The molecule has 0 aromatic heterocycles. The van der Waals surface area contributed by atoms with Crippen LogP contribution < -0.4 is 10.6 Å². The van der Waals surface area contributed by atoms with Gasteiger partial charge in [-0.3, -0.25) is 4.79 Å². The van der Waals surface area contributed by atoms with Crippen LogP contribution in [0.4, 0.5) is 0 Å². The van der Waals surface area contributed by atoms with Gasteiger partial charge in [0.15, 0.2) is 0 Å². The van der Waals surface area contributed by atoms with E-state index in [0.717, 1.165) is 32.4 Å². The lowest BCUT2D eigenvalue weighted by Crippen LogP contribution is -2.51. The molecule has 3 heteroatoms. The van der Waals surface area contributed by atoms with Crippen molar-refractivity contribution in [1.82, 2.24) is 10.6 Å². The fourth-order valence-corrected chi connectivity index (χ4v) is 2.04. The van der Waals surface area contributed by atoms with Crippen LogP contribution in [0.1, 0.15) is 40.0 Å². The molecule has 0 aromatic rings. The van der Waals surface area contributed by atoms with Crippen molar-refractivity contribution in [2.75, 3.05) is 13.1 Å². The lowest BCUT2D eigenvalue weighted by molar-refractivity contribution is -0.132. The van der Waals surface area contributed by atoms with Crippen molar-refractivity contribution in [3.05, 3.63) is 0 Å².